The maximum atomic E-state index is 12.4. The summed E-state index contributed by atoms with van der Waals surface area (Å²) in [6, 6.07) is 13.6. The number of aryl methyl sites for hydroxylation is 2. The normalized spacial score (nSPS) is 10.4. The number of nitrogens with one attached hydrogen (secondary N) is 1. The second kappa shape index (κ2) is 9.76. The molecule has 0 atom stereocenters. The quantitative estimate of drug-likeness (QED) is 0.768. The Bertz CT molecular complexity index is 785. The summed E-state index contributed by atoms with van der Waals surface area (Å²) in [6.07, 6.45) is 1.11. The number of carbonyl (C=O) groups is 2. The smallest absolute Gasteiger partial charge is 0.226 e. The highest BCUT2D eigenvalue weighted by atomic mass is 16.5. The number of anilines is 1. The third-order valence-corrected chi connectivity index (χ3v) is 4.59. The number of hydrogen-bond acceptors (Lipinski definition) is 3. The van der Waals surface area contributed by atoms with E-state index in [1.807, 2.05) is 49.4 Å². The van der Waals surface area contributed by atoms with Crippen LogP contribution in [0.3, 0.4) is 0 Å². The highest BCUT2D eigenvalue weighted by Crippen LogP contribution is 2.21. The van der Waals surface area contributed by atoms with E-state index in [1.54, 1.807) is 12.0 Å². The summed E-state index contributed by atoms with van der Waals surface area (Å²) in [4.78, 5) is 26.1. The van der Waals surface area contributed by atoms with Gasteiger partial charge in [-0.3, -0.25) is 9.59 Å². The fraction of sp³-hybridized carbons (Fsp3) is 0.364. The molecule has 0 unspecified atom stereocenters. The van der Waals surface area contributed by atoms with E-state index in [-0.39, 0.29) is 18.2 Å². The highest BCUT2D eigenvalue weighted by molar-refractivity contribution is 5.92. The van der Waals surface area contributed by atoms with Gasteiger partial charge in [0.1, 0.15) is 5.75 Å². The predicted octanol–water partition coefficient (Wildman–Crippen LogP) is 3.94. The molecule has 0 bridgehead atoms. The lowest BCUT2D eigenvalue weighted by molar-refractivity contribution is -0.129. The predicted molar refractivity (Wildman–Crippen MR) is 108 cm³/mol. The van der Waals surface area contributed by atoms with Crippen molar-refractivity contribution >= 4 is 17.5 Å². The molecule has 27 heavy (non-hydrogen) atoms. The molecule has 2 aromatic carbocycles. The van der Waals surface area contributed by atoms with Crippen molar-refractivity contribution < 1.29 is 14.3 Å². The van der Waals surface area contributed by atoms with Crippen LogP contribution in [0.15, 0.2) is 42.5 Å². The number of amides is 2. The summed E-state index contributed by atoms with van der Waals surface area (Å²) in [6.45, 7) is 6.42. The van der Waals surface area contributed by atoms with Gasteiger partial charge in [-0.2, -0.15) is 0 Å². The minimum absolute atomic E-state index is 0.0521. The summed E-state index contributed by atoms with van der Waals surface area (Å²) < 4.78 is 5.15. The van der Waals surface area contributed by atoms with E-state index < -0.39 is 0 Å². The second-order valence-electron chi connectivity index (χ2n) is 6.55. The molecule has 0 aromatic heterocycles. The molecule has 144 valence electrons. The first-order chi connectivity index (χ1) is 12.9. The van der Waals surface area contributed by atoms with Gasteiger partial charge in [-0.15, -0.1) is 0 Å². The average molecular weight is 368 g/mol. The van der Waals surface area contributed by atoms with Crippen molar-refractivity contribution in [1.29, 1.82) is 0 Å². The van der Waals surface area contributed by atoms with E-state index in [2.05, 4.69) is 12.2 Å². The lowest BCUT2D eigenvalue weighted by atomic mass is 10.1. The standard InChI is InChI=1S/C22H28N2O3/c1-5-19-8-6-7-16(2)22(19)23-21(26)13-14-24(17(3)25)15-18-9-11-20(27-4)12-10-18/h6-12H,5,13-15H2,1-4H3,(H,23,26). The van der Waals surface area contributed by atoms with Crippen LogP contribution in [0, 0.1) is 6.92 Å². The van der Waals surface area contributed by atoms with Crippen LogP contribution in [0.5, 0.6) is 5.75 Å². The largest absolute Gasteiger partial charge is 0.497 e. The first-order valence-electron chi connectivity index (χ1n) is 9.21. The molecule has 5 heteroatoms. The topological polar surface area (TPSA) is 58.6 Å². The van der Waals surface area contributed by atoms with Crippen molar-refractivity contribution in [2.24, 2.45) is 0 Å². The SMILES string of the molecule is CCc1cccc(C)c1NC(=O)CCN(Cc1ccc(OC)cc1)C(C)=O. The third kappa shape index (κ3) is 5.84. The van der Waals surface area contributed by atoms with Crippen molar-refractivity contribution in [3.8, 4) is 5.75 Å². The number of methoxy groups -OCH3 is 1. The lowest BCUT2D eigenvalue weighted by Gasteiger charge is -2.21. The highest BCUT2D eigenvalue weighted by Gasteiger charge is 2.14. The van der Waals surface area contributed by atoms with E-state index >= 15 is 0 Å². The molecule has 0 aliphatic heterocycles. The molecular formula is C22H28N2O3. The molecule has 0 fully saturated rings. The van der Waals surface area contributed by atoms with Crippen molar-refractivity contribution in [1.82, 2.24) is 4.90 Å². The van der Waals surface area contributed by atoms with Gasteiger partial charge in [-0.25, -0.2) is 0 Å². The summed E-state index contributed by atoms with van der Waals surface area (Å²) in [5.74, 6) is 0.640. The van der Waals surface area contributed by atoms with E-state index in [0.717, 1.165) is 34.5 Å². The van der Waals surface area contributed by atoms with Crippen LogP contribution in [-0.4, -0.2) is 30.4 Å². The van der Waals surface area contributed by atoms with Gasteiger partial charge in [0.2, 0.25) is 11.8 Å². The van der Waals surface area contributed by atoms with Gasteiger partial charge in [0.15, 0.2) is 0 Å². The van der Waals surface area contributed by atoms with E-state index in [1.165, 1.54) is 6.92 Å². The fourth-order valence-corrected chi connectivity index (χ4v) is 2.94. The molecule has 0 saturated heterocycles. The molecule has 5 nitrogen and oxygen atoms in total. The Morgan fingerprint density at radius 3 is 2.41 bits per heavy atom. The third-order valence-electron chi connectivity index (χ3n) is 4.59. The Kier molecular flexibility index (Phi) is 7.41. The Morgan fingerprint density at radius 1 is 1.11 bits per heavy atom. The number of benzene rings is 2. The van der Waals surface area contributed by atoms with Crippen LogP contribution in [0.2, 0.25) is 0 Å². The maximum absolute atomic E-state index is 12.4. The molecule has 0 spiro atoms. The van der Waals surface area contributed by atoms with Crippen molar-refractivity contribution in [3.63, 3.8) is 0 Å². The Labute approximate surface area is 161 Å². The van der Waals surface area contributed by atoms with Gasteiger partial charge in [0.25, 0.3) is 0 Å². The molecule has 0 aliphatic carbocycles. The maximum Gasteiger partial charge on any atom is 0.226 e. The van der Waals surface area contributed by atoms with E-state index in [0.29, 0.717) is 13.1 Å². The molecule has 2 rings (SSSR count). The van der Waals surface area contributed by atoms with Gasteiger partial charge in [0.05, 0.1) is 7.11 Å². The number of rotatable bonds is 8. The second-order valence-corrected chi connectivity index (χ2v) is 6.55. The molecular weight excluding hydrogens is 340 g/mol. The van der Waals surface area contributed by atoms with Gasteiger partial charge >= 0.3 is 0 Å². The van der Waals surface area contributed by atoms with Crippen LogP contribution in [0.25, 0.3) is 0 Å². The Hall–Kier alpha value is -2.82. The average Bonchev–Trinajstić information content (AvgIpc) is 2.66. The fourth-order valence-electron chi connectivity index (χ4n) is 2.94. The summed E-state index contributed by atoms with van der Waals surface area (Å²) >= 11 is 0. The van der Waals surface area contributed by atoms with Crippen molar-refractivity contribution in [3.05, 3.63) is 59.2 Å². The van der Waals surface area contributed by atoms with Gasteiger partial charge < -0.3 is 15.0 Å². The lowest BCUT2D eigenvalue weighted by Crippen LogP contribution is -2.31. The van der Waals surface area contributed by atoms with Crippen LogP contribution >= 0.6 is 0 Å². The zero-order valence-corrected chi connectivity index (χ0v) is 16.5. The molecule has 2 amide bonds. The van der Waals surface area contributed by atoms with Gasteiger partial charge in [-0.1, -0.05) is 37.3 Å². The Balaban J connectivity index is 1.97. The molecule has 0 radical (unpaired) electrons. The number of nitrogens with zero attached hydrogens (tertiary/aromatic N) is 1. The monoisotopic (exact) mass is 368 g/mol. The van der Waals surface area contributed by atoms with Crippen LogP contribution in [-0.2, 0) is 22.6 Å². The molecule has 0 heterocycles. The Morgan fingerprint density at radius 2 is 1.81 bits per heavy atom. The molecule has 0 aliphatic rings. The summed E-state index contributed by atoms with van der Waals surface area (Å²) in [5, 5.41) is 3.01. The zero-order valence-electron chi connectivity index (χ0n) is 16.5. The van der Waals surface area contributed by atoms with E-state index in [9.17, 15) is 9.59 Å². The molecule has 2 aromatic rings. The number of carbonyl (C=O) groups excluding carboxylic acids is 2. The minimum Gasteiger partial charge on any atom is -0.497 e. The van der Waals surface area contributed by atoms with E-state index in [4.69, 9.17) is 4.74 Å². The van der Waals surface area contributed by atoms with Crippen LogP contribution < -0.4 is 10.1 Å². The minimum atomic E-state index is -0.0834. The van der Waals surface area contributed by atoms with Crippen molar-refractivity contribution in [2.75, 3.05) is 19.0 Å². The van der Waals surface area contributed by atoms with Crippen LogP contribution in [0.4, 0.5) is 5.69 Å². The number of para-hydroxylation sites is 1. The first kappa shape index (κ1) is 20.5. The van der Waals surface area contributed by atoms with Crippen LogP contribution in [0.1, 0.15) is 37.0 Å². The van der Waals surface area contributed by atoms with Gasteiger partial charge in [-0.05, 0) is 42.2 Å². The molecule has 0 saturated carbocycles. The summed E-state index contributed by atoms with van der Waals surface area (Å²) in [7, 11) is 1.62. The van der Waals surface area contributed by atoms with Gasteiger partial charge in [0, 0.05) is 32.1 Å². The zero-order chi connectivity index (χ0) is 19.8. The summed E-state index contributed by atoms with van der Waals surface area (Å²) in [5.41, 5.74) is 4.04. The number of ether oxygens (including phenoxy) is 1. The van der Waals surface area contributed by atoms with Crippen molar-refractivity contribution in [2.45, 2.75) is 40.2 Å². The first-order valence-corrected chi connectivity index (χ1v) is 9.21. The molecule has 1 N–H and O–H groups in total. The number of hydrogen-bond donors (Lipinski definition) is 1.